The number of ether oxygens (including phenoxy) is 2. The van der Waals surface area contributed by atoms with Gasteiger partial charge in [0.1, 0.15) is 0 Å². The van der Waals surface area contributed by atoms with Crippen LogP contribution in [0.4, 0.5) is 22.0 Å². The van der Waals surface area contributed by atoms with Crippen molar-refractivity contribution >= 4 is 9.76 Å². The number of halogens is 5. The molecule has 3 nitrogen and oxygen atoms in total. The number of rotatable bonds is 11. The first-order chi connectivity index (χ1) is 11.4. The van der Waals surface area contributed by atoms with Gasteiger partial charge in [-0.05, 0) is 32.2 Å². The molecule has 0 spiro atoms. The molecule has 0 heterocycles. The molecule has 0 saturated carbocycles. The maximum atomic E-state index is 13.5. The van der Waals surface area contributed by atoms with Gasteiger partial charge in [0.05, 0.1) is 6.61 Å². The quantitative estimate of drug-likeness (QED) is 0.148. The molecule has 1 rings (SSSR count). The summed E-state index contributed by atoms with van der Waals surface area (Å²) < 4.78 is 82.1. The Bertz CT molecular complexity index is 501. The van der Waals surface area contributed by atoms with Crippen molar-refractivity contribution in [3.63, 3.8) is 0 Å². The largest absolute Gasteiger partial charge is 0.379 e. The van der Waals surface area contributed by atoms with Crippen LogP contribution >= 0.6 is 0 Å². The van der Waals surface area contributed by atoms with Crippen molar-refractivity contribution < 1.29 is 35.9 Å². The summed E-state index contributed by atoms with van der Waals surface area (Å²) in [6, 6.07) is 0.485. The molecule has 0 N–H and O–H groups in total. The van der Waals surface area contributed by atoms with E-state index in [-0.39, 0.29) is 12.8 Å². The molecule has 1 unspecified atom stereocenters. The van der Waals surface area contributed by atoms with Gasteiger partial charge in [0, 0.05) is 12.2 Å². The molecule has 24 heavy (non-hydrogen) atoms. The van der Waals surface area contributed by atoms with Gasteiger partial charge in [0.25, 0.3) is 6.48 Å². The zero-order chi connectivity index (χ0) is 18.1. The number of hydrogen-bond acceptors (Lipinski definition) is 3. The molecule has 138 valence electrons. The van der Waals surface area contributed by atoms with Crippen LogP contribution in [0.1, 0.15) is 32.3 Å². The van der Waals surface area contributed by atoms with Gasteiger partial charge in [-0.1, -0.05) is 6.92 Å². The zero-order valence-electron chi connectivity index (χ0n) is 13.6. The van der Waals surface area contributed by atoms with E-state index in [2.05, 4.69) is 0 Å². The molecular weight excluding hydrogens is 351 g/mol. The van der Waals surface area contributed by atoms with Gasteiger partial charge < -0.3 is 13.9 Å². The molecule has 0 fully saturated rings. The first-order valence-electron chi connectivity index (χ1n) is 7.79. The van der Waals surface area contributed by atoms with E-state index in [9.17, 15) is 22.0 Å². The van der Waals surface area contributed by atoms with Crippen molar-refractivity contribution in [1.29, 1.82) is 0 Å². The van der Waals surface area contributed by atoms with E-state index in [0.717, 1.165) is 6.42 Å². The fourth-order valence-electron chi connectivity index (χ4n) is 1.95. The molecule has 0 radical (unpaired) electrons. The second-order valence-electron chi connectivity index (χ2n) is 4.99. The minimum atomic E-state index is -2.14. The van der Waals surface area contributed by atoms with Gasteiger partial charge in [0.15, 0.2) is 33.0 Å². The molecule has 9 heteroatoms. The van der Waals surface area contributed by atoms with Crippen molar-refractivity contribution in [3.8, 4) is 0 Å². The first kappa shape index (κ1) is 21.0. The number of hydrogen-bond donors (Lipinski definition) is 0. The standard InChI is InChI=1S/C15H21F5O3Si/c1-3-7-22-15(21-4-2)23-24-8-5-6-9-10(16)12(18)14(20)13(19)11(9)17/h15H,3-8,24H2,1-2H3. The third kappa shape index (κ3) is 5.80. The zero-order valence-corrected chi connectivity index (χ0v) is 15.1. The van der Waals surface area contributed by atoms with E-state index in [1.54, 1.807) is 6.92 Å². The minimum Gasteiger partial charge on any atom is -0.379 e. The lowest BCUT2D eigenvalue weighted by molar-refractivity contribution is -0.245. The van der Waals surface area contributed by atoms with Crippen molar-refractivity contribution in [1.82, 2.24) is 0 Å². The predicted octanol–water partition coefficient (Wildman–Crippen LogP) is 3.58. The van der Waals surface area contributed by atoms with Crippen LogP contribution in [0.5, 0.6) is 0 Å². The Balaban J connectivity index is 2.48. The molecule has 0 aliphatic heterocycles. The van der Waals surface area contributed by atoms with E-state index in [4.69, 9.17) is 13.9 Å². The van der Waals surface area contributed by atoms with Crippen LogP contribution in [0.3, 0.4) is 0 Å². The van der Waals surface area contributed by atoms with Crippen molar-refractivity contribution in [3.05, 3.63) is 34.6 Å². The van der Waals surface area contributed by atoms with Gasteiger partial charge in [-0.15, -0.1) is 0 Å². The van der Waals surface area contributed by atoms with E-state index >= 15 is 0 Å². The molecule has 0 aromatic heterocycles. The Hall–Kier alpha value is -1.03. The van der Waals surface area contributed by atoms with Crippen LogP contribution < -0.4 is 0 Å². The van der Waals surface area contributed by atoms with Crippen LogP contribution in [0.2, 0.25) is 6.04 Å². The topological polar surface area (TPSA) is 27.7 Å². The average Bonchev–Trinajstić information content (AvgIpc) is 2.58. The van der Waals surface area contributed by atoms with Crippen molar-refractivity contribution in [2.24, 2.45) is 0 Å². The summed E-state index contributed by atoms with van der Waals surface area (Å²) in [5.74, 6) is -9.51. The van der Waals surface area contributed by atoms with E-state index in [1.165, 1.54) is 0 Å². The van der Waals surface area contributed by atoms with Gasteiger partial charge in [-0.25, -0.2) is 22.0 Å². The van der Waals surface area contributed by atoms with Gasteiger partial charge in [-0.3, -0.25) is 0 Å². The predicted molar refractivity (Wildman–Crippen MR) is 80.6 cm³/mol. The fraction of sp³-hybridized carbons (Fsp3) is 0.600. The lowest BCUT2D eigenvalue weighted by Gasteiger charge is -2.18. The smallest absolute Gasteiger partial charge is 0.261 e. The summed E-state index contributed by atoms with van der Waals surface area (Å²) in [5.41, 5.74) is -0.788. The SMILES string of the molecule is CCCOC(OCC)O[SiH2]CCCc1c(F)c(F)c(F)c(F)c1F. The Labute approximate surface area is 140 Å². The van der Waals surface area contributed by atoms with Gasteiger partial charge in [-0.2, -0.15) is 0 Å². The monoisotopic (exact) mass is 372 g/mol. The first-order valence-corrected chi connectivity index (χ1v) is 9.36. The molecule has 0 amide bonds. The molecule has 1 aromatic carbocycles. The molecule has 0 saturated heterocycles. The summed E-state index contributed by atoms with van der Waals surface area (Å²) in [6.45, 7) is 3.84. The summed E-state index contributed by atoms with van der Waals surface area (Å²) in [4.78, 5) is 0. The maximum absolute atomic E-state index is 13.5. The fourth-order valence-corrected chi connectivity index (χ4v) is 2.95. The second-order valence-corrected chi connectivity index (χ2v) is 6.44. The van der Waals surface area contributed by atoms with Crippen LogP contribution in [-0.2, 0) is 20.3 Å². The minimum absolute atomic E-state index is 0.247. The molecule has 1 aromatic rings. The van der Waals surface area contributed by atoms with E-state index in [0.29, 0.717) is 19.3 Å². The summed E-state index contributed by atoms with van der Waals surface area (Å²) >= 11 is 0. The third-order valence-electron chi connectivity index (χ3n) is 3.14. The van der Waals surface area contributed by atoms with E-state index in [1.807, 2.05) is 6.92 Å². The molecule has 0 aliphatic rings. The molecular formula is C15H21F5O3Si. The van der Waals surface area contributed by atoms with E-state index < -0.39 is 50.9 Å². The lowest BCUT2D eigenvalue weighted by atomic mass is 10.1. The average molecular weight is 372 g/mol. The Morgan fingerprint density at radius 1 is 0.875 bits per heavy atom. The highest BCUT2D eigenvalue weighted by molar-refractivity contribution is 6.27. The summed E-state index contributed by atoms with van der Waals surface area (Å²) in [7, 11) is -1.11. The molecule has 1 atom stereocenters. The van der Waals surface area contributed by atoms with Crippen LogP contribution in [0.25, 0.3) is 0 Å². The number of benzene rings is 1. The summed E-state index contributed by atoms with van der Waals surface area (Å²) in [6.07, 6.45) is 0.795. The second kappa shape index (κ2) is 10.8. The highest BCUT2D eigenvalue weighted by Crippen LogP contribution is 2.24. The Morgan fingerprint density at radius 2 is 1.46 bits per heavy atom. The van der Waals surface area contributed by atoms with Gasteiger partial charge in [0.2, 0.25) is 5.82 Å². The maximum Gasteiger partial charge on any atom is 0.261 e. The van der Waals surface area contributed by atoms with Crippen LogP contribution in [0.15, 0.2) is 0 Å². The van der Waals surface area contributed by atoms with Crippen LogP contribution in [-0.4, -0.2) is 29.5 Å². The highest BCUT2D eigenvalue weighted by atomic mass is 28.2. The van der Waals surface area contributed by atoms with Crippen LogP contribution in [0, 0.1) is 29.1 Å². The third-order valence-corrected chi connectivity index (χ3v) is 4.43. The molecule has 0 aliphatic carbocycles. The highest BCUT2D eigenvalue weighted by Gasteiger charge is 2.25. The van der Waals surface area contributed by atoms with Gasteiger partial charge >= 0.3 is 0 Å². The molecule has 0 bridgehead atoms. The normalized spacial score (nSPS) is 13.1. The Morgan fingerprint density at radius 3 is 2.00 bits per heavy atom. The lowest BCUT2D eigenvalue weighted by Crippen LogP contribution is -2.23. The van der Waals surface area contributed by atoms with Crippen molar-refractivity contribution in [2.45, 2.75) is 45.6 Å². The summed E-state index contributed by atoms with van der Waals surface area (Å²) in [5, 5.41) is 0. The Kier molecular flexibility index (Phi) is 9.41. The van der Waals surface area contributed by atoms with Crippen molar-refractivity contribution in [2.75, 3.05) is 13.2 Å².